The van der Waals surface area contributed by atoms with Gasteiger partial charge in [-0.3, -0.25) is 4.79 Å². The molecule has 0 amide bonds. The third-order valence-corrected chi connectivity index (χ3v) is 3.09. The number of Topliss-reactive ketones (excluding diaryl/α,β-unsaturated/α-hetero) is 1. The minimum absolute atomic E-state index is 0.0437. The van der Waals surface area contributed by atoms with Gasteiger partial charge in [0.1, 0.15) is 10.7 Å². The number of hydrogen-bond acceptors (Lipinski definition) is 4. The lowest BCUT2D eigenvalue weighted by atomic mass is 10.1. The van der Waals surface area contributed by atoms with E-state index in [2.05, 4.69) is 4.98 Å². The summed E-state index contributed by atoms with van der Waals surface area (Å²) in [5.41, 5.74) is 6.98. The first-order valence-corrected chi connectivity index (χ1v) is 5.89. The van der Waals surface area contributed by atoms with Gasteiger partial charge in [-0.25, -0.2) is 4.98 Å². The summed E-state index contributed by atoms with van der Waals surface area (Å²) in [5.74, 6) is 0.0437. The number of carbonyl (C=O) groups is 1. The number of aromatic nitrogens is 1. The molecule has 2 rings (SSSR count). The van der Waals surface area contributed by atoms with E-state index in [0.717, 1.165) is 10.6 Å². The lowest BCUT2D eigenvalue weighted by molar-refractivity contribution is 0.0988. The van der Waals surface area contributed by atoms with Crippen LogP contribution in [0.3, 0.4) is 0 Å². The van der Waals surface area contributed by atoms with Gasteiger partial charge in [0.05, 0.1) is 0 Å². The van der Waals surface area contributed by atoms with E-state index in [4.69, 9.17) is 5.73 Å². The SMILES string of the molecule is NCc1nc(C(=O)Cc2ccccc2)cs1. The van der Waals surface area contributed by atoms with Crippen LogP contribution in [0.5, 0.6) is 0 Å². The Morgan fingerprint density at radius 2 is 2.06 bits per heavy atom. The average molecular weight is 232 g/mol. The molecule has 0 saturated carbocycles. The highest BCUT2D eigenvalue weighted by Crippen LogP contribution is 2.12. The first kappa shape index (κ1) is 11.0. The van der Waals surface area contributed by atoms with E-state index < -0.39 is 0 Å². The van der Waals surface area contributed by atoms with Crippen molar-refractivity contribution in [2.75, 3.05) is 0 Å². The minimum Gasteiger partial charge on any atom is -0.325 e. The Hall–Kier alpha value is -1.52. The zero-order valence-electron chi connectivity index (χ0n) is 8.72. The molecule has 2 N–H and O–H groups in total. The molecule has 0 spiro atoms. The largest absolute Gasteiger partial charge is 0.325 e. The maximum absolute atomic E-state index is 11.8. The van der Waals surface area contributed by atoms with Crippen LogP contribution < -0.4 is 5.73 Å². The van der Waals surface area contributed by atoms with Gasteiger partial charge in [-0.2, -0.15) is 0 Å². The van der Waals surface area contributed by atoms with Crippen molar-refractivity contribution in [3.05, 3.63) is 52.0 Å². The van der Waals surface area contributed by atoms with Gasteiger partial charge < -0.3 is 5.73 Å². The summed E-state index contributed by atoms with van der Waals surface area (Å²) in [5, 5.41) is 2.57. The quantitative estimate of drug-likeness (QED) is 0.820. The predicted octanol–water partition coefficient (Wildman–Crippen LogP) is 2.03. The van der Waals surface area contributed by atoms with Gasteiger partial charge in [-0.05, 0) is 5.56 Å². The van der Waals surface area contributed by atoms with Gasteiger partial charge in [-0.1, -0.05) is 30.3 Å². The summed E-state index contributed by atoms with van der Waals surface area (Å²) < 4.78 is 0. The monoisotopic (exact) mass is 232 g/mol. The van der Waals surface area contributed by atoms with Crippen LogP contribution in [-0.2, 0) is 13.0 Å². The highest BCUT2D eigenvalue weighted by molar-refractivity contribution is 7.09. The van der Waals surface area contributed by atoms with Gasteiger partial charge in [0.2, 0.25) is 0 Å². The molecule has 3 nitrogen and oxygen atoms in total. The van der Waals surface area contributed by atoms with E-state index in [0.29, 0.717) is 18.7 Å². The van der Waals surface area contributed by atoms with Gasteiger partial charge in [0.25, 0.3) is 0 Å². The first-order chi connectivity index (χ1) is 7.79. The molecule has 4 heteroatoms. The Labute approximate surface area is 97.9 Å². The Morgan fingerprint density at radius 1 is 1.31 bits per heavy atom. The van der Waals surface area contributed by atoms with Gasteiger partial charge >= 0.3 is 0 Å². The molecule has 0 aliphatic rings. The van der Waals surface area contributed by atoms with E-state index in [9.17, 15) is 4.79 Å². The van der Waals surface area contributed by atoms with Crippen LogP contribution >= 0.6 is 11.3 Å². The fourth-order valence-corrected chi connectivity index (χ4v) is 2.08. The number of carbonyl (C=O) groups excluding carboxylic acids is 1. The summed E-state index contributed by atoms with van der Waals surface area (Å²) in [7, 11) is 0. The maximum atomic E-state index is 11.8. The standard InChI is InChI=1S/C12H12N2OS/c13-7-12-14-10(8-16-12)11(15)6-9-4-2-1-3-5-9/h1-5,8H,6-7,13H2. The number of nitrogens with zero attached hydrogens (tertiary/aromatic N) is 1. The van der Waals surface area contributed by atoms with Crippen molar-refractivity contribution in [1.29, 1.82) is 0 Å². The van der Waals surface area contributed by atoms with Crippen molar-refractivity contribution in [2.24, 2.45) is 5.73 Å². The Morgan fingerprint density at radius 3 is 2.69 bits per heavy atom. The number of hydrogen-bond donors (Lipinski definition) is 1. The van der Waals surface area contributed by atoms with Crippen LogP contribution in [0.25, 0.3) is 0 Å². The van der Waals surface area contributed by atoms with Crippen molar-refractivity contribution in [3.63, 3.8) is 0 Å². The topological polar surface area (TPSA) is 56.0 Å². The van der Waals surface area contributed by atoms with E-state index in [-0.39, 0.29) is 5.78 Å². The highest BCUT2D eigenvalue weighted by atomic mass is 32.1. The van der Waals surface area contributed by atoms with Gasteiger partial charge in [0, 0.05) is 18.3 Å². The second-order valence-electron chi connectivity index (χ2n) is 3.42. The van der Waals surface area contributed by atoms with Crippen molar-refractivity contribution in [3.8, 4) is 0 Å². The number of nitrogens with two attached hydrogens (primary N) is 1. The molecule has 2 aromatic rings. The molecule has 1 aromatic heterocycles. The van der Waals surface area contributed by atoms with Crippen molar-refractivity contribution < 1.29 is 4.79 Å². The third-order valence-electron chi connectivity index (χ3n) is 2.22. The van der Waals surface area contributed by atoms with E-state index >= 15 is 0 Å². The molecule has 82 valence electrons. The second kappa shape index (κ2) is 5.01. The zero-order chi connectivity index (χ0) is 11.4. The summed E-state index contributed by atoms with van der Waals surface area (Å²) in [4.78, 5) is 16.0. The fourth-order valence-electron chi connectivity index (χ4n) is 1.40. The Balaban J connectivity index is 2.09. The number of ketones is 1. The Kier molecular flexibility index (Phi) is 3.44. The van der Waals surface area contributed by atoms with E-state index in [1.54, 1.807) is 5.38 Å². The second-order valence-corrected chi connectivity index (χ2v) is 4.36. The van der Waals surface area contributed by atoms with Crippen LogP contribution in [0.4, 0.5) is 0 Å². The molecule has 0 aliphatic heterocycles. The molecule has 0 unspecified atom stereocenters. The Bertz CT molecular complexity index is 479. The number of rotatable bonds is 4. The first-order valence-electron chi connectivity index (χ1n) is 5.01. The third kappa shape index (κ3) is 2.53. The molecule has 0 saturated heterocycles. The molecule has 0 radical (unpaired) electrons. The average Bonchev–Trinajstić information content (AvgIpc) is 2.79. The fraction of sp³-hybridized carbons (Fsp3) is 0.167. The highest BCUT2D eigenvalue weighted by Gasteiger charge is 2.10. The molecule has 1 heterocycles. The van der Waals surface area contributed by atoms with Crippen molar-refractivity contribution in [1.82, 2.24) is 4.98 Å². The minimum atomic E-state index is 0.0437. The van der Waals surface area contributed by atoms with Crippen molar-refractivity contribution in [2.45, 2.75) is 13.0 Å². The molecule has 16 heavy (non-hydrogen) atoms. The molecule has 0 atom stereocenters. The summed E-state index contributed by atoms with van der Waals surface area (Å²) in [6.07, 6.45) is 0.397. The van der Waals surface area contributed by atoms with Crippen LogP contribution in [0.15, 0.2) is 35.7 Å². The molecule has 1 aromatic carbocycles. The maximum Gasteiger partial charge on any atom is 0.186 e. The summed E-state index contributed by atoms with van der Waals surface area (Å²) in [6, 6.07) is 9.66. The van der Waals surface area contributed by atoms with Crippen LogP contribution in [-0.4, -0.2) is 10.8 Å². The molecule has 0 aliphatic carbocycles. The molecular weight excluding hydrogens is 220 g/mol. The number of thiazole rings is 1. The molecular formula is C12H12N2OS. The predicted molar refractivity (Wildman–Crippen MR) is 64.5 cm³/mol. The normalized spacial score (nSPS) is 10.3. The lowest BCUT2D eigenvalue weighted by Crippen LogP contribution is -2.05. The van der Waals surface area contributed by atoms with Crippen LogP contribution in [0.2, 0.25) is 0 Å². The number of benzene rings is 1. The van der Waals surface area contributed by atoms with Gasteiger partial charge in [-0.15, -0.1) is 11.3 Å². The zero-order valence-corrected chi connectivity index (χ0v) is 9.54. The summed E-state index contributed by atoms with van der Waals surface area (Å²) in [6.45, 7) is 0.392. The van der Waals surface area contributed by atoms with Crippen molar-refractivity contribution >= 4 is 17.1 Å². The van der Waals surface area contributed by atoms with Crippen LogP contribution in [0, 0.1) is 0 Å². The van der Waals surface area contributed by atoms with Crippen LogP contribution in [0.1, 0.15) is 21.1 Å². The summed E-state index contributed by atoms with van der Waals surface area (Å²) >= 11 is 1.43. The van der Waals surface area contributed by atoms with E-state index in [1.165, 1.54) is 11.3 Å². The lowest BCUT2D eigenvalue weighted by Gasteiger charge is -1.97. The molecule has 0 bridgehead atoms. The van der Waals surface area contributed by atoms with E-state index in [1.807, 2.05) is 30.3 Å². The van der Waals surface area contributed by atoms with Gasteiger partial charge in [0.15, 0.2) is 5.78 Å². The smallest absolute Gasteiger partial charge is 0.186 e. The molecule has 0 fully saturated rings.